The Morgan fingerprint density at radius 1 is 0.349 bits per heavy atom. The summed E-state index contributed by atoms with van der Waals surface area (Å²) < 4.78 is 43.4. The first-order valence-corrected chi connectivity index (χ1v) is 19.9. The van der Waals surface area contributed by atoms with Crippen LogP contribution in [0.15, 0.2) is 0 Å². The zero-order valence-electron chi connectivity index (χ0n) is 27.5. The van der Waals surface area contributed by atoms with E-state index in [-0.39, 0.29) is 17.1 Å². The molecule has 0 saturated carbocycles. The van der Waals surface area contributed by atoms with Crippen molar-refractivity contribution in [1.82, 2.24) is 0 Å². The summed E-state index contributed by atoms with van der Waals surface area (Å²) in [5.41, 5.74) is 0. The van der Waals surface area contributed by atoms with Gasteiger partial charge in [0.1, 0.15) is 19.8 Å². The van der Waals surface area contributed by atoms with Crippen molar-refractivity contribution in [2.24, 2.45) is 0 Å². The third kappa shape index (κ3) is 62.2. The molecule has 0 aliphatic heterocycles. The Balaban J connectivity index is -0.000000262. The minimum absolute atomic E-state index is 0. The molecular formula is C30H63FeO9P3+3. The second kappa shape index (κ2) is 47.0. The van der Waals surface area contributed by atoms with E-state index in [1.54, 1.807) is 0 Å². The fourth-order valence-electron chi connectivity index (χ4n) is 4.13. The van der Waals surface area contributed by atoms with Gasteiger partial charge in [0.05, 0.1) is 0 Å². The minimum Gasteiger partial charge on any atom is -0.566 e. The Kier molecular flexibility index (Phi) is 55.1. The number of hydrogen-bond acceptors (Lipinski definition) is 9. The Hall–Kier alpha value is 0.579. The Morgan fingerprint density at radius 3 is 0.674 bits per heavy atom. The molecular weight excluding hydrogens is 653 g/mol. The Labute approximate surface area is 277 Å². The van der Waals surface area contributed by atoms with Gasteiger partial charge in [-0.2, -0.15) is 0 Å². The summed E-state index contributed by atoms with van der Waals surface area (Å²) in [5, 5.41) is 0. The van der Waals surface area contributed by atoms with E-state index in [0.717, 1.165) is 38.5 Å². The number of unbranched alkanes of at least 4 members (excludes halogenated alkanes) is 21. The topological polar surface area (TPSA) is 148 Å². The van der Waals surface area contributed by atoms with Gasteiger partial charge in [-0.1, -0.05) is 156 Å². The molecule has 1 radical (unpaired) electrons. The van der Waals surface area contributed by atoms with Crippen LogP contribution in [0.3, 0.4) is 0 Å². The maximum absolute atomic E-state index is 10.0. The van der Waals surface area contributed by atoms with E-state index in [1.807, 2.05) is 0 Å². The standard InChI is InChI=1S/3C10H21O3P.Fe/c3*1-2-3-4-5-6-7-8-9-10-13-14(11)12;/h3*2-10H2,1H3;/q;;;+3. The van der Waals surface area contributed by atoms with Crippen molar-refractivity contribution in [3.63, 3.8) is 0 Å². The summed E-state index contributed by atoms with van der Waals surface area (Å²) in [7, 11) is -7.90. The first kappa shape index (κ1) is 50.4. The Bertz CT molecular complexity index is 501. The van der Waals surface area contributed by atoms with E-state index in [9.17, 15) is 28.4 Å². The normalized spacial score (nSPS) is 11.4. The predicted octanol–water partition coefficient (Wildman–Crippen LogP) is 9.48. The van der Waals surface area contributed by atoms with Gasteiger partial charge in [-0.05, 0) is 33.0 Å². The van der Waals surface area contributed by atoms with Crippen LogP contribution in [0, 0.1) is 0 Å². The van der Waals surface area contributed by atoms with Crippen molar-refractivity contribution >= 4 is 24.8 Å². The molecule has 0 rings (SSSR count). The van der Waals surface area contributed by atoms with Crippen LogP contribution < -0.4 is 14.7 Å². The van der Waals surface area contributed by atoms with Crippen LogP contribution in [0.2, 0.25) is 0 Å². The maximum atomic E-state index is 10.0. The summed E-state index contributed by atoms with van der Waals surface area (Å²) >= 11 is 0. The molecule has 0 N–H and O–H groups in total. The van der Waals surface area contributed by atoms with Crippen molar-refractivity contribution in [2.75, 3.05) is 19.8 Å². The van der Waals surface area contributed by atoms with E-state index in [2.05, 4.69) is 34.3 Å². The van der Waals surface area contributed by atoms with Crippen LogP contribution in [0.25, 0.3) is 0 Å². The van der Waals surface area contributed by atoms with Crippen molar-refractivity contribution in [2.45, 2.75) is 175 Å². The largest absolute Gasteiger partial charge is 3.00 e. The molecule has 13 heteroatoms. The first-order chi connectivity index (χ1) is 20.3. The van der Waals surface area contributed by atoms with Gasteiger partial charge >= 0.3 is 41.8 Å². The summed E-state index contributed by atoms with van der Waals surface area (Å²) in [5.74, 6) is 0. The fraction of sp³-hybridized carbons (Fsp3) is 1.00. The van der Waals surface area contributed by atoms with Gasteiger partial charge in [0.15, 0.2) is 0 Å². The molecule has 0 amide bonds. The van der Waals surface area contributed by atoms with E-state index in [0.29, 0.717) is 19.8 Å². The van der Waals surface area contributed by atoms with Crippen LogP contribution in [0.1, 0.15) is 175 Å². The molecule has 0 bridgehead atoms. The molecule has 9 nitrogen and oxygen atoms in total. The molecule has 0 fully saturated rings. The van der Waals surface area contributed by atoms with Crippen LogP contribution >= 0.6 is 24.8 Å². The Morgan fingerprint density at radius 2 is 0.512 bits per heavy atom. The van der Waals surface area contributed by atoms with Crippen LogP contribution in [-0.2, 0) is 44.3 Å². The van der Waals surface area contributed by atoms with Gasteiger partial charge in [0.25, 0.3) is 0 Å². The zero-order chi connectivity index (χ0) is 31.9. The van der Waals surface area contributed by atoms with Crippen LogP contribution in [-0.4, -0.2) is 19.8 Å². The van der Waals surface area contributed by atoms with Gasteiger partial charge in [0.2, 0.25) is 0 Å². The zero-order valence-corrected chi connectivity index (χ0v) is 31.2. The molecule has 0 spiro atoms. The molecule has 0 aromatic heterocycles. The summed E-state index contributed by atoms with van der Waals surface area (Å²) in [6, 6.07) is 0. The summed E-state index contributed by atoms with van der Waals surface area (Å²) in [6.45, 7) is 7.69. The minimum atomic E-state index is -2.63. The first-order valence-electron chi connectivity index (χ1n) is 16.6. The number of hydrogen-bond donors (Lipinski definition) is 0. The van der Waals surface area contributed by atoms with Gasteiger partial charge in [0, 0.05) is 0 Å². The van der Waals surface area contributed by atoms with E-state index in [1.165, 1.54) is 116 Å². The van der Waals surface area contributed by atoms with E-state index < -0.39 is 24.8 Å². The molecule has 0 aromatic carbocycles. The van der Waals surface area contributed by atoms with Crippen molar-refractivity contribution in [3.05, 3.63) is 0 Å². The molecule has 3 atom stereocenters. The second-order valence-corrected chi connectivity index (χ2v) is 12.7. The smallest absolute Gasteiger partial charge is 0.566 e. The third-order valence-electron chi connectivity index (χ3n) is 6.58. The maximum Gasteiger partial charge on any atom is 3.00 e. The van der Waals surface area contributed by atoms with Crippen molar-refractivity contribution in [1.29, 1.82) is 0 Å². The summed E-state index contributed by atoms with van der Waals surface area (Å²) in [6.07, 6.45) is 29.0. The van der Waals surface area contributed by atoms with E-state index in [4.69, 9.17) is 0 Å². The number of rotatable bonds is 30. The van der Waals surface area contributed by atoms with Crippen molar-refractivity contribution < 1.29 is 59.0 Å². The van der Waals surface area contributed by atoms with Gasteiger partial charge < -0.3 is 14.7 Å². The third-order valence-corrected chi connectivity index (χ3v) is 7.76. The van der Waals surface area contributed by atoms with Crippen LogP contribution in [0.4, 0.5) is 0 Å². The SMILES string of the molecule is CCCCCCCCCCO[P+](=O)[O-].CCCCCCCCCCO[P+](=O)[O-].CCCCCCCCCCO[P+](=O)[O-].[Fe+3]. The quantitative estimate of drug-likeness (QED) is 0.0403. The van der Waals surface area contributed by atoms with Crippen molar-refractivity contribution in [3.8, 4) is 0 Å². The van der Waals surface area contributed by atoms with Gasteiger partial charge in [-0.25, -0.2) is 0 Å². The summed E-state index contributed by atoms with van der Waals surface area (Å²) in [4.78, 5) is 30.1. The molecule has 0 aliphatic rings. The molecule has 0 saturated heterocycles. The molecule has 257 valence electrons. The predicted molar refractivity (Wildman–Crippen MR) is 169 cm³/mol. The van der Waals surface area contributed by atoms with Gasteiger partial charge in [-0.3, -0.25) is 0 Å². The molecule has 0 aromatic rings. The molecule has 43 heavy (non-hydrogen) atoms. The fourth-order valence-corrected chi connectivity index (χ4v) is 4.96. The van der Waals surface area contributed by atoms with Gasteiger partial charge in [-0.15, -0.1) is 13.6 Å². The van der Waals surface area contributed by atoms with Crippen LogP contribution in [0.5, 0.6) is 0 Å². The molecule has 0 heterocycles. The molecule has 0 aliphatic carbocycles. The van der Waals surface area contributed by atoms with E-state index >= 15 is 0 Å². The second-order valence-electron chi connectivity index (χ2n) is 10.6. The average molecular weight is 717 g/mol. The monoisotopic (exact) mass is 716 g/mol. The average Bonchev–Trinajstić information content (AvgIpc) is 2.95. The molecule has 3 unspecified atom stereocenters.